The minimum absolute atomic E-state index is 0.108. The lowest BCUT2D eigenvalue weighted by molar-refractivity contribution is -0.121. The fourth-order valence-corrected chi connectivity index (χ4v) is 4.12. The van der Waals surface area contributed by atoms with Crippen LogP contribution in [0.5, 0.6) is 23.0 Å². The van der Waals surface area contributed by atoms with Crippen molar-refractivity contribution in [2.45, 2.75) is 26.3 Å². The number of benzene rings is 3. The summed E-state index contributed by atoms with van der Waals surface area (Å²) in [4.78, 5) is 28.3. The van der Waals surface area contributed by atoms with Crippen LogP contribution < -0.4 is 24.4 Å². The van der Waals surface area contributed by atoms with Crippen molar-refractivity contribution >= 4 is 29.4 Å². The van der Waals surface area contributed by atoms with Crippen LogP contribution in [0.3, 0.4) is 0 Å². The first-order valence-corrected chi connectivity index (χ1v) is 12.8. The maximum atomic E-state index is 12.7. The molecule has 10 heteroatoms. The van der Waals surface area contributed by atoms with Crippen molar-refractivity contribution in [1.82, 2.24) is 15.0 Å². The zero-order valence-electron chi connectivity index (χ0n) is 22.9. The monoisotopic (exact) mass is 544 g/mol. The average molecular weight is 545 g/mol. The number of rotatable bonds is 13. The van der Waals surface area contributed by atoms with Crippen molar-refractivity contribution in [3.8, 4) is 23.0 Å². The molecule has 0 radical (unpaired) electrons. The molecule has 0 unspecified atom stereocenters. The lowest BCUT2D eigenvalue weighted by Crippen LogP contribution is -2.24. The molecular formula is C30H32N4O6. The highest BCUT2D eigenvalue weighted by molar-refractivity contribution is 5.84. The quantitative estimate of drug-likeness (QED) is 0.113. The summed E-state index contributed by atoms with van der Waals surface area (Å²) in [5, 5.41) is 4.11. The van der Waals surface area contributed by atoms with Gasteiger partial charge < -0.3 is 23.5 Å². The van der Waals surface area contributed by atoms with E-state index in [9.17, 15) is 9.59 Å². The molecule has 40 heavy (non-hydrogen) atoms. The number of ether oxygens (including phenoxy) is 4. The summed E-state index contributed by atoms with van der Waals surface area (Å²) in [6.45, 7) is 4.71. The molecule has 0 fully saturated rings. The first-order valence-electron chi connectivity index (χ1n) is 12.8. The number of nitrogens with zero attached hydrogens (tertiary/aromatic N) is 3. The van der Waals surface area contributed by atoms with Crippen LogP contribution in [0.2, 0.25) is 0 Å². The van der Waals surface area contributed by atoms with E-state index in [0.29, 0.717) is 28.6 Å². The SMILES string of the molecule is COc1cc(C=O)ccc1OCCOc1ccc(/C=N/NC(=O)Cn2c(C(C)C)nc3ccccc32)cc1OC. The minimum atomic E-state index is -0.259. The molecule has 10 nitrogen and oxygen atoms in total. The first-order chi connectivity index (χ1) is 19.4. The highest BCUT2D eigenvalue weighted by Gasteiger charge is 2.15. The van der Waals surface area contributed by atoms with Gasteiger partial charge in [0.15, 0.2) is 23.0 Å². The smallest absolute Gasteiger partial charge is 0.260 e. The Bertz CT molecular complexity index is 1510. The van der Waals surface area contributed by atoms with E-state index in [1.54, 1.807) is 43.5 Å². The number of carbonyl (C=O) groups excluding carboxylic acids is 2. The first kappa shape index (κ1) is 28.2. The molecule has 0 aliphatic heterocycles. The Hall–Kier alpha value is -4.86. The minimum Gasteiger partial charge on any atom is -0.493 e. The van der Waals surface area contributed by atoms with Gasteiger partial charge in [-0.15, -0.1) is 0 Å². The molecule has 0 saturated carbocycles. The van der Waals surface area contributed by atoms with Crippen LogP contribution in [-0.2, 0) is 11.3 Å². The molecule has 0 aliphatic rings. The number of carbonyl (C=O) groups is 2. The van der Waals surface area contributed by atoms with E-state index in [0.717, 1.165) is 28.7 Å². The molecule has 208 valence electrons. The topological polar surface area (TPSA) is 113 Å². The largest absolute Gasteiger partial charge is 0.493 e. The van der Waals surface area contributed by atoms with Gasteiger partial charge in [0.05, 0.1) is 31.5 Å². The fourth-order valence-electron chi connectivity index (χ4n) is 4.12. The van der Waals surface area contributed by atoms with E-state index in [2.05, 4.69) is 15.5 Å². The summed E-state index contributed by atoms with van der Waals surface area (Å²) in [5.41, 5.74) is 5.58. The molecule has 0 spiro atoms. The van der Waals surface area contributed by atoms with Crippen molar-refractivity contribution in [2.24, 2.45) is 5.10 Å². The standard InChI is InChI=1S/C30H32N4O6/c1-20(2)30-32-23-7-5-6-8-24(23)34(30)18-29(36)33-31-17-21-9-11-25(27(15-21)37-3)39-13-14-40-26-12-10-22(19-35)16-28(26)38-4/h5-12,15-17,19-20H,13-14,18H2,1-4H3,(H,33,36)/b31-17+. The Labute approximate surface area is 232 Å². The van der Waals surface area contributed by atoms with Gasteiger partial charge in [-0.1, -0.05) is 26.0 Å². The van der Waals surface area contributed by atoms with Crippen molar-refractivity contribution in [3.05, 3.63) is 77.6 Å². The Morgan fingerprint density at radius 1 is 0.925 bits per heavy atom. The number of nitrogens with one attached hydrogen (secondary N) is 1. The average Bonchev–Trinajstić information content (AvgIpc) is 3.34. The van der Waals surface area contributed by atoms with E-state index in [-0.39, 0.29) is 31.6 Å². The summed E-state index contributed by atoms with van der Waals surface area (Å²) >= 11 is 0. The summed E-state index contributed by atoms with van der Waals surface area (Å²) in [6.07, 6.45) is 2.29. The maximum Gasteiger partial charge on any atom is 0.260 e. The predicted octanol–water partition coefficient (Wildman–Crippen LogP) is 4.60. The van der Waals surface area contributed by atoms with Gasteiger partial charge in [0, 0.05) is 11.5 Å². The molecule has 1 N–H and O–H groups in total. The number of amides is 1. The van der Waals surface area contributed by atoms with Gasteiger partial charge in [0.1, 0.15) is 31.9 Å². The third-order valence-electron chi connectivity index (χ3n) is 6.01. The molecule has 1 aromatic heterocycles. The number of hydrogen-bond acceptors (Lipinski definition) is 8. The normalized spacial score (nSPS) is 11.1. The molecule has 4 rings (SSSR count). The second-order valence-electron chi connectivity index (χ2n) is 9.13. The van der Waals surface area contributed by atoms with E-state index in [1.165, 1.54) is 13.3 Å². The lowest BCUT2D eigenvalue weighted by atomic mass is 10.2. The number of para-hydroxylation sites is 2. The van der Waals surface area contributed by atoms with E-state index < -0.39 is 0 Å². The molecule has 0 aliphatic carbocycles. The van der Waals surface area contributed by atoms with Crippen LogP contribution in [-0.4, -0.2) is 55.4 Å². The number of aromatic nitrogens is 2. The van der Waals surface area contributed by atoms with Gasteiger partial charge in [-0.2, -0.15) is 5.10 Å². The second-order valence-corrected chi connectivity index (χ2v) is 9.13. The Morgan fingerprint density at radius 3 is 2.17 bits per heavy atom. The molecular weight excluding hydrogens is 512 g/mol. The number of methoxy groups -OCH3 is 2. The van der Waals surface area contributed by atoms with Crippen LogP contribution in [0.25, 0.3) is 11.0 Å². The van der Waals surface area contributed by atoms with Gasteiger partial charge in [-0.25, -0.2) is 10.4 Å². The fraction of sp³-hybridized carbons (Fsp3) is 0.267. The van der Waals surface area contributed by atoms with Crippen LogP contribution in [0.1, 0.15) is 41.5 Å². The second kappa shape index (κ2) is 13.3. The Kier molecular flexibility index (Phi) is 9.35. The third-order valence-corrected chi connectivity index (χ3v) is 6.01. The summed E-state index contributed by atoms with van der Waals surface area (Å²) in [6, 6.07) is 18.0. The molecule has 1 amide bonds. The van der Waals surface area contributed by atoms with Crippen molar-refractivity contribution in [3.63, 3.8) is 0 Å². The maximum absolute atomic E-state index is 12.7. The molecule has 3 aromatic carbocycles. The van der Waals surface area contributed by atoms with E-state index >= 15 is 0 Å². The van der Waals surface area contributed by atoms with Crippen LogP contribution in [0.15, 0.2) is 65.8 Å². The molecule has 0 saturated heterocycles. The van der Waals surface area contributed by atoms with Crippen LogP contribution in [0, 0.1) is 0 Å². The van der Waals surface area contributed by atoms with Gasteiger partial charge in [0.25, 0.3) is 5.91 Å². The third kappa shape index (κ3) is 6.76. The number of hydrazone groups is 1. The van der Waals surface area contributed by atoms with E-state index in [1.807, 2.05) is 42.7 Å². The highest BCUT2D eigenvalue weighted by atomic mass is 16.5. The predicted molar refractivity (Wildman–Crippen MR) is 152 cm³/mol. The van der Waals surface area contributed by atoms with Gasteiger partial charge in [0.2, 0.25) is 0 Å². The zero-order chi connectivity index (χ0) is 28.5. The Morgan fingerprint density at radius 2 is 1.55 bits per heavy atom. The lowest BCUT2D eigenvalue weighted by Gasteiger charge is -2.13. The van der Waals surface area contributed by atoms with Crippen molar-refractivity contribution < 1.29 is 28.5 Å². The summed E-state index contributed by atoms with van der Waals surface area (Å²) < 4.78 is 24.2. The number of fused-ring (bicyclic) bond motifs is 1. The van der Waals surface area contributed by atoms with Crippen molar-refractivity contribution in [2.75, 3.05) is 27.4 Å². The zero-order valence-corrected chi connectivity index (χ0v) is 22.9. The van der Waals surface area contributed by atoms with Gasteiger partial charge in [-0.3, -0.25) is 9.59 Å². The van der Waals surface area contributed by atoms with Crippen molar-refractivity contribution in [1.29, 1.82) is 0 Å². The Balaban J connectivity index is 1.32. The highest BCUT2D eigenvalue weighted by Crippen LogP contribution is 2.29. The van der Waals surface area contributed by atoms with Gasteiger partial charge in [-0.05, 0) is 54.1 Å². The molecule has 0 atom stereocenters. The summed E-state index contributed by atoms with van der Waals surface area (Å²) in [7, 11) is 3.06. The summed E-state index contributed by atoms with van der Waals surface area (Å²) in [5.74, 6) is 2.78. The number of hydrogen-bond donors (Lipinski definition) is 1. The molecule has 4 aromatic rings. The van der Waals surface area contributed by atoms with Crippen LogP contribution in [0.4, 0.5) is 0 Å². The van der Waals surface area contributed by atoms with Gasteiger partial charge >= 0.3 is 0 Å². The molecule has 1 heterocycles. The molecule has 0 bridgehead atoms. The number of imidazole rings is 1. The number of aldehydes is 1. The van der Waals surface area contributed by atoms with Crippen LogP contribution >= 0.6 is 0 Å². The van der Waals surface area contributed by atoms with E-state index in [4.69, 9.17) is 18.9 Å².